The number of aryl methyl sites for hydroxylation is 1. The second-order valence-electron chi connectivity index (χ2n) is 4.04. The van der Waals surface area contributed by atoms with Gasteiger partial charge in [0, 0.05) is 12.6 Å². The number of carbonyl (C=O) groups excluding carboxylic acids is 2. The summed E-state index contributed by atoms with van der Waals surface area (Å²) in [6.07, 6.45) is 2.69. The molecule has 1 aliphatic heterocycles. The van der Waals surface area contributed by atoms with Crippen LogP contribution in [-0.2, 0) is 16.0 Å². The minimum absolute atomic E-state index is 0.0641. The van der Waals surface area contributed by atoms with Crippen LogP contribution in [0, 0.1) is 6.92 Å². The first kappa shape index (κ1) is 10.9. The van der Waals surface area contributed by atoms with Gasteiger partial charge in [0.1, 0.15) is 12.0 Å². The van der Waals surface area contributed by atoms with E-state index in [2.05, 4.69) is 5.16 Å². The predicted octanol–water partition coefficient (Wildman–Crippen LogP) is 0.715. The van der Waals surface area contributed by atoms with Gasteiger partial charge in [0.05, 0.1) is 18.2 Å². The molecule has 1 aromatic rings. The first-order valence-corrected chi connectivity index (χ1v) is 5.37. The maximum absolute atomic E-state index is 11.9. The van der Waals surface area contributed by atoms with Crippen LogP contribution in [0.15, 0.2) is 10.6 Å². The van der Waals surface area contributed by atoms with Gasteiger partial charge >= 0.3 is 0 Å². The number of hydrogen-bond donors (Lipinski definition) is 0. The Morgan fingerprint density at radius 1 is 1.75 bits per heavy atom. The highest BCUT2D eigenvalue weighted by Crippen LogP contribution is 2.17. The van der Waals surface area contributed by atoms with E-state index < -0.39 is 0 Å². The summed E-state index contributed by atoms with van der Waals surface area (Å²) < 4.78 is 4.98. The third kappa shape index (κ3) is 2.13. The molecule has 0 N–H and O–H groups in total. The van der Waals surface area contributed by atoms with Crippen molar-refractivity contribution < 1.29 is 14.1 Å². The van der Waals surface area contributed by atoms with E-state index in [4.69, 9.17) is 4.52 Å². The summed E-state index contributed by atoms with van der Waals surface area (Å²) in [5.74, 6) is 0.491. The fourth-order valence-electron chi connectivity index (χ4n) is 1.99. The highest BCUT2D eigenvalue weighted by atomic mass is 16.5. The Hall–Kier alpha value is -1.65. The zero-order valence-corrected chi connectivity index (χ0v) is 9.18. The van der Waals surface area contributed by atoms with Gasteiger partial charge in [0.15, 0.2) is 0 Å². The predicted molar refractivity (Wildman–Crippen MR) is 55.7 cm³/mol. The molecule has 0 aromatic carbocycles. The highest BCUT2D eigenvalue weighted by Gasteiger charge is 2.28. The second kappa shape index (κ2) is 4.47. The molecule has 5 heteroatoms. The SMILES string of the molecule is Cc1cc(CC(=O)N2CCCC2C=O)on1. The third-order valence-corrected chi connectivity index (χ3v) is 2.78. The number of nitrogens with zero attached hydrogens (tertiary/aromatic N) is 2. The number of rotatable bonds is 3. The molecule has 1 unspecified atom stereocenters. The van der Waals surface area contributed by atoms with Gasteiger partial charge in [0.25, 0.3) is 0 Å². The number of amides is 1. The van der Waals surface area contributed by atoms with Crippen molar-refractivity contribution in [3.05, 3.63) is 17.5 Å². The maximum atomic E-state index is 11.9. The van der Waals surface area contributed by atoms with Gasteiger partial charge in [-0.15, -0.1) is 0 Å². The number of likely N-dealkylation sites (tertiary alicyclic amines) is 1. The van der Waals surface area contributed by atoms with E-state index >= 15 is 0 Å². The fraction of sp³-hybridized carbons (Fsp3) is 0.545. The van der Waals surface area contributed by atoms with Gasteiger partial charge in [-0.3, -0.25) is 4.79 Å². The Balaban J connectivity index is 2.00. The number of carbonyl (C=O) groups is 2. The van der Waals surface area contributed by atoms with Crippen molar-refractivity contribution in [2.45, 2.75) is 32.2 Å². The minimum Gasteiger partial charge on any atom is -0.361 e. The minimum atomic E-state index is -0.253. The van der Waals surface area contributed by atoms with Gasteiger partial charge < -0.3 is 14.2 Å². The molecule has 1 atom stereocenters. The van der Waals surface area contributed by atoms with Gasteiger partial charge in [-0.1, -0.05) is 5.16 Å². The van der Waals surface area contributed by atoms with Crippen LogP contribution >= 0.6 is 0 Å². The summed E-state index contributed by atoms with van der Waals surface area (Å²) in [4.78, 5) is 24.2. The van der Waals surface area contributed by atoms with Crippen LogP contribution < -0.4 is 0 Å². The summed E-state index contributed by atoms with van der Waals surface area (Å²) in [6.45, 7) is 2.47. The average Bonchev–Trinajstić information content (AvgIpc) is 2.86. The molecule has 0 saturated carbocycles. The van der Waals surface area contributed by atoms with Gasteiger partial charge in [-0.05, 0) is 19.8 Å². The highest BCUT2D eigenvalue weighted by molar-refractivity contribution is 5.81. The van der Waals surface area contributed by atoms with E-state index in [1.54, 1.807) is 11.0 Å². The van der Waals surface area contributed by atoms with Crippen molar-refractivity contribution in [1.29, 1.82) is 0 Å². The summed E-state index contributed by atoms with van der Waals surface area (Å²) >= 11 is 0. The molecule has 16 heavy (non-hydrogen) atoms. The Morgan fingerprint density at radius 2 is 2.56 bits per heavy atom. The molecule has 1 saturated heterocycles. The first-order valence-electron chi connectivity index (χ1n) is 5.37. The van der Waals surface area contributed by atoms with E-state index in [1.807, 2.05) is 6.92 Å². The molecule has 1 aromatic heterocycles. The van der Waals surface area contributed by atoms with E-state index in [0.717, 1.165) is 24.8 Å². The van der Waals surface area contributed by atoms with Crippen LogP contribution in [0.5, 0.6) is 0 Å². The smallest absolute Gasteiger partial charge is 0.230 e. The molecular weight excluding hydrogens is 208 g/mol. The fourth-order valence-corrected chi connectivity index (χ4v) is 1.99. The molecule has 2 heterocycles. The molecule has 0 spiro atoms. The summed E-state index contributed by atoms with van der Waals surface area (Å²) in [5.41, 5.74) is 0.760. The van der Waals surface area contributed by atoms with Crippen molar-refractivity contribution >= 4 is 12.2 Å². The molecule has 0 bridgehead atoms. The number of hydrogen-bond acceptors (Lipinski definition) is 4. The van der Waals surface area contributed by atoms with E-state index in [1.165, 1.54) is 0 Å². The molecule has 0 aliphatic carbocycles. The van der Waals surface area contributed by atoms with Crippen molar-refractivity contribution in [1.82, 2.24) is 10.1 Å². The van der Waals surface area contributed by atoms with Crippen LogP contribution in [0.3, 0.4) is 0 Å². The Labute approximate surface area is 93.4 Å². The van der Waals surface area contributed by atoms with Crippen molar-refractivity contribution in [2.75, 3.05) is 6.54 Å². The molecule has 1 fully saturated rings. The van der Waals surface area contributed by atoms with Crippen LogP contribution in [-0.4, -0.2) is 34.8 Å². The Kier molecular flexibility index (Phi) is 3.03. The van der Waals surface area contributed by atoms with E-state index in [0.29, 0.717) is 12.3 Å². The van der Waals surface area contributed by atoms with Gasteiger partial charge in [-0.2, -0.15) is 0 Å². The molecular formula is C11H14N2O3. The first-order chi connectivity index (χ1) is 7.70. The lowest BCUT2D eigenvalue weighted by molar-refractivity contribution is -0.134. The third-order valence-electron chi connectivity index (χ3n) is 2.78. The second-order valence-corrected chi connectivity index (χ2v) is 4.04. The molecule has 86 valence electrons. The maximum Gasteiger partial charge on any atom is 0.230 e. The standard InChI is InChI=1S/C11H14N2O3/c1-8-5-10(16-12-8)6-11(15)13-4-2-3-9(13)7-14/h5,7,9H,2-4,6H2,1H3. The van der Waals surface area contributed by atoms with Crippen molar-refractivity contribution in [2.24, 2.45) is 0 Å². The summed E-state index contributed by atoms with van der Waals surface area (Å²) in [6, 6.07) is 1.49. The van der Waals surface area contributed by atoms with Gasteiger partial charge in [0.2, 0.25) is 5.91 Å². The summed E-state index contributed by atoms with van der Waals surface area (Å²) in [5, 5.41) is 3.72. The quantitative estimate of drug-likeness (QED) is 0.707. The Bertz CT molecular complexity index is 400. The summed E-state index contributed by atoms with van der Waals surface area (Å²) in [7, 11) is 0. The molecule has 5 nitrogen and oxygen atoms in total. The van der Waals surface area contributed by atoms with Crippen molar-refractivity contribution in [3.8, 4) is 0 Å². The van der Waals surface area contributed by atoms with Crippen molar-refractivity contribution in [3.63, 3.8) is 0 Å². The number of aldehydes is 1. The van der Waals surface area contributed by atoms with Crippen LogP contribution in [0.2, 0.25) is 0 Å². The normalized spacial score (nSPS) is 20.1. The lowest BCUT2D eigenvalue weighted by atomic mass is 10.2. The molecule has 1 amide bonds. The monoisotopic (exact) mass is 222 g/mol. The zero-order valence-electron chi connectivity index (χ0n) is 9.18. The lowest BCUT2D eigenvalue weighted by Crippen LogP contribution is -2.37. The average molecular weight is 222 g/mol. The zero-order chi connectivity index (χ0) is 11.5. The van der Waals surface area contributed by atoms with E-state index in [9.17, 15) is 9.59 Å². The molecule has 2 rings (SSSR count). The van der Waals surface area contributed by atoms with Crippen LogP contribution in [0.1, 0.15) is 24.3 Å². The topological polar surface area (TPSA) is 63.4 Å². The largest absolute Gasteiger partial charge is 0.361 e. The van der Waals surface area contributed by atoms with Crippen LogP contribution in [0.4, 0.5) is 0 Å². The Morgan fingerprint density at radius 3 is 3.19 bits per heavy atom. The molecule has 0 radical (unpaired) electrons. The van der Waals surface area contributed by atoms with Crippen LogP contribution in [0.25, 0.3) is 0 Å². The number of aromatic nitrogens is 1. The van der Waals surface area contributed by atoms with Gasteiger partial charge in [-0.25, -0.2) is 0 Å². The lowest BCUT2D eigenvalue weighted by Gasteiger charge is -2.19. The van der Waals surface area contributed by atoms with E-state index in [-0.39, 0.29) is 18.4 Å². The molecule has 1 aliphatic rings.